The molecule has 30 heavy (non-hydrogen) atoms. The zero-order valence-corrected chi connectivity index (χ0v) is 17.9. The maximum Gasteiger partial charge on any atom is 0.270 e. The summed E-state index contributed by atoms with van der Waals surface area (Å²) in [7, 11) is 4.59. The molecular weight excluding hydrogens is 409 g/mol. The number of imidazole rings is 1. The van der Waals surface area contributed by atoms with Crippen molar-refractivity contribution >= 4 is 17.7 Å². The van der Waals surface area contributed by atoms with Crippen LogP contribution in [-0.2, 0) is 6.54 Å². The van der Waals surface area contributed by atoms with Gasteiger partial charge in [-0.15, -0.1) is 0 Å². The molecule has 1 heterocycles. The molecule has 1 N–H and O–H groups in total. The highest BCUT2D eigenvalue weighted by Crippen LogP contribution is 2.38. The van der Waals surface area contributed by atoms with Gasteiger partial charge >= 0.3 is 0 Å². The van der Waals surface area contributed by atoms with Gasteiger partial charge in [0.15, 0.2) is 16.7 Å². The zero-order chi connectivity index (χ0) is 21.7. The minimum absolute atomic E-state index is 0.235. The molecule has 1 aromatic heterocycles. The van der Waals surface area contributed by atoms with Gasteiger partial charge in [-0.2, -0.15) is 0 Å². The first-order chi connectivity index (χ1) is 14.5. The van der Waals surface area contributed by atoms with Crippen molar-refractivity contribution in [1.29, 1.82) is 0 Å². The average molecular weight is 431 g/mol. The molecule has 7 nitrogen and oxygen atoms in total. The molecule has 0 aliphatic heterocycles. The minimum atomic E-state index is -0.349. The number of carbonyl (C=O) groups excluding carboxylic acids is 1. The van der Waals surface area contributed by atoms with Crippen LogP contribution in [0, 0.1) is 5.82 Å². The largest absolute Gasteiger partial charge is 0.493 e. The number of carbonyl (C=O) groups is 1. The first-order valence-electron chi connectivity index (χ1n) is 8.97. The zero-order valence-electron chi connectivity index (χ0n) is 17.1. The fourth-order valence-corrected chi connectivity index (χ4v) is 3.53. The molecule has 0 fully saturated rings. The molecule has 9 heteroatoms. The van der Waals surface area contributed by atoms with E-state index >= 15 is 0 Å². The van der Waals surface area contributed by atoms with E-state index in [0.717, 1.165) is 5.56 Å². The molecule has 0 radical (unpaired) electrons. The second-order valence-corrected chi connectivity index (χ2v) is 6.93. The Balaban J connectivity index is 1.86. The normalized spacial score (nSPS) is 10.6. The highest BCUT2D eigenvalue weighted by molar-refractivity contribution is 7.98. The number of nitrogens with zero attached hydrogens (tertiary/aromatic N) is 2. The average Bonchev–Trinajstić information content (AvgIpc) is 3.21. The number of halogens is 1. The van der Waals surface area contributed by atoms with Crippen LogP contribution in [0.1, 0.15) is 16.1 Å². The van der Waals surface area contributed by atoms with Gasteiger partial charge in [-0.3, -0.25) is 9.36 Å². The number of thioether (sulfide) groups is 1. The van der Waals surface area contributed by atoms with E-state index in [1.807, 2.05) is 6.26 Å². The van der Waals surface area contributed by atoms with Crippen LogP contribution in [0.15, 0.2) is 47.8 Å². The second-order valence-electron chi connectivity index (χ2n) is 6.16. The van der Waals surface area contributed by atoms with E-state index in [1.165, 1.54) is 51.4 Å². The summed E-state index contributed by atoms with van der Waals surface area (Å²) in [6.07, 6.45) is 3.36. The van der Waals surface area contributed by atoms with Crippen LogP contribution in [0.25, 0.3) is 5.69 Å². The SMILES string of the molecule is COc1cc(CNC(=O)c2cnc(SC)n2-c2ccc(F)cc2)cc(OC)c1OC. The number of rotatable bonds is 8. The lowest BCUT2D eigenvalue weighted by Gasteiger charge is -2.15. The maximum absolute atomic E-state index is 13.3. The highest BCUT2D eigenvalue weighted by atomic mass is 32.2. The molecule has 0 unspecified atom stereocenters. The first kappa shape index (κ1) is 21.5. The lowest BCUT2D eigenvalue weighted by Crippen LogP contribution is -2.25. The molecule has 1 amide bonds. The molecule has 0 saturated carbocycles. The highest BCUT2D eigenvalue weighted by Gasteiger charge is 2.19. The van der Waals surface area contributed by atoms with E-state index < -0.39 is 0 Å². The predicted molar refractivity (Wildman–Crippen MR) is 113 cm³/mol. The fourth-order valence-electron chi connectivity index (χ4n) is 2.99. The molecule has 0 spiro atoms. The van der Waals surface area contributed by atoms with Gasteiger partial charge in [0.25, 0.3) is 5.91 Å². The Bertz CT molecular complexity index is 1010. The minimum Gasteiger partial charge on any atom is -0.493 e. The molecule has 3 rings (SSSR count). The molecule has 0 aliphatic rings. The maximum atomic E-state index is 13.3. The van der Waals surface area contributed by atoms with Crippen molar-refractivity contribution in [2.24, 2.45) is 0 Å². The van der Waals surface area contributed by atoms with E-state index in [1.54, 1.807) is 28.8 Å². The van der Waals surface area contributed by atoms with Crippen LogP contribution in [0.4, 0.5) is 4.39 Å². The Labute approximate surface area is 178 Å². The summed E-state index contributed by atoms with van der Waals surface area (Å²) >= 11 is 1.39. The number of nitrogens with one attached hydrogen (secondary N) is 1. The van der Waals surface area contributed by atoms with E-state index in [9.17, 15) is 9.18 Å². The van der Waals surface area contributed by atoms with Gasteiger partial charge in [-0.05, 0) is 48.2 Å². The van der Waals surface area contributed by atoms with Crippen molar-refractivity contribution in [1.82, 2.24) is 14.9 Å². The third-order valence-electron chi connectivity index (χ3n) is 4.41. The van der Waals surface area contributed by atoms with Gasteiger partial charge in [0.05, 0.1) is 27.5 Å². The van der Waals surface area contributed by atoms with Crippen LogP contribution < -0.4 is 19.5 Å². The summed E-state index contributed by atoms with van der Waals surface area (Å²) in [6, 6.07) is 9.44. The summed E-state index contributed by atoms with van der Waals surface area (Å²) in [5.41, 5.74) is 1.77. The van der Waals surface area contributed by atoms with Gasteiger partial charge in [0, 0.05) is 12.2 Å². The molecule has 2 aromatic carbocycles. The van der Waals surface area contributed by atoms with Crippen molar-refractivity contribution in [3.05, 3.63) is 59.7 Å². The summed E-state index contributed by atoms with van der Waals surface area (Å²) in [5.74, 6) is 0.817. The third-order valence-corrected chi connectivity index (χ3v) is 5.06. The van der Waals surface area contributed by atoms with Crippen LogP contribution in [0.2, 0.25) is 0 Å². The van der Waals surface area contributed by atoms with Crippen LogP contribution >= 0.6 is 11.8 Å². The summed E-state index contributed by atoms with van der Waals surface area (Å²) < 4.78 is 31.0. The van der Waals surface area contributed by atoms with Crippen molar-refractivity contribution < 1.29 is 23.4 Å². The van der Waals surface area contributed by atoms with E-state index in [0.29, 0.717) is 33.8 Å². The smallest absolute Gasteiger partial charge is 0.270 e. The van der Waals surface area contributed by atoms with E-state index in [2.05, 4.69) is 10.3 Å². The number of methoxy groups -OCH3 is 3. The van der Waals surface area contributed by atoms with E-state index in [-0.39, 0.29) is 18.3 Å². The molecule has 0 bridgehead atoms. The van der Waals surface area contributed by atoms with Gasteiger partial charge in [-0.1, -0.05) is 11.8 Å². The lowest BCUT2D eigenvalue weighted by atomic mass is 10.1. The van der Waals surface area contributed by atoms with Gasteiger partial charge < -0.3 is 19.5 Å². The first-order valence-corrected chi connectivity index (χ1v) is 10.2. The van der Waals surface area contributed by atoms with Crippen molar-refractivity contribution in [2.75, 3.05) is 27.6 Å². The second kappa shape index (κ2) is 9.53. The summed E-state index contributed by atoms with van der Waals surface area (Å²) in [4.78, 5) is 17.2. The monoisotopic (exact) mass is 431 g/mol. The number of hydrogen-bond acceptors (Lipinski definition) is 6. The lowest BCUT2D eigenvalue weighted by molar-refractivity contribution is 0.0943. The molecular formula is C21H22FN3O4S. The molecule has 0 aliphatic carbocycles. The molecule has 0 atom stereocenters. The van der Waals surface area contributed by atoms with E-state index in [4.69, 9.17) is 14.2 Å². The van der Waals surface area contributed by atoms with Gasteiger partial charge in [0.1, 0.15) is 11.5 Å². The third kappa shape index (κ3) is 4.35. The van der Waals surface area contributed by atoms with Crippen molar-refractivity contribution in [3.8, 4) is 22.9 Å². The number of benzene rings is 2. The van der Waals surface area contributed by atoms with Crippen LogP contribution in [0.3, 0.4) is 0 Å². The Kier molecular flexibility index (Phi) is 6.83. The van der Waals surface area contributed by atoms with Crippen LogP contribution in [-0.4, -0.2) is 43.0 Å². The number of ether oxygens (including phenoxy) is 3. The topological polar surface area (TPSA) is 74.6 Å². The summed E-state index contributed by atoms with van der Waals surface area (Å²) in [6.45, 7) is 0.235. The number of aromatic nitrogens is 2. The standard InChI is InChI=1S/C21H22FN3O4S/c1-27-17-9-13(10-18(28-2)19(17)29-3)11-23-20(26)16-12-24-21(30-4)25(16)15-7-5-14(22)6-8-15/h5-10,12H,11H2,1-4H3,(H,23,26). The van der Waals surface area contributed by atoms with Gasteiger partial charge in [-0.25, -0.2) is 9.37 Å². The number of hydrogen-bond donors (Lipinski definition) is 1. The predicted octanol–water partition coefficient (Wildman–Crippen LogP) is 3.69. The fraction of sp³-hybridized carbons (Fsp3) is 0.238. The molecule has 158 valence electrons. The van der Waals surface area contributed by atoms with Crippen molar-refractivity contribution in [2.45, 2.75) is 11.7 Å². The summed E-state index contributed by atoms with van der Waals surface area (Å²) in [5, 5.41) is 3.50. The molecule has 3 aromatic rings. The van der Waals surface area contributed by atoms with Crippen molar-refractivity contribution in [3.63, 3.8) is 0 Å². The Morgan fingerprint density at radius 1 is 1.10 bits per heavy atom. The quantitative estimate of drug-likeness (QED) is 0.549. The Hall–Kier alpha value is -3.20. The number of amides is 1. The molecule has 0 saturated heterocycles. The Morgan fingerprint density at radius 2 is 1.73 bits per heavy atom. The van der Waals surface area contributed by atoms with Crippen LogP contribution in [0.5, 0.6) is 17.2 Å². The van der Waals surface area contributed by atoms with Gasteiger partial charge in [0.2, 0.25) is 5.75 Å². The Morgan fingerprint density at radius 3 is 2.27 bits per heavy atom.